The van der Waals surface area contributed by atoms with Crippen molar-refractivity contribution in [1.29, 1.82) is 0 Å². The number of allylic oxidation sites excluding steroid dienone is 3. The van der Waals surface area contributed by atoms with E-state index in [1.807, 2.05) is 31.2 Å². The molecule has 2 aliphatic rings. The molecule has 0 radical (unpaired) electrons. The van der Waals surface area contributed by atoms with Crippen LogP contribution in [0.15, 0.2) is 60.4 Å². The van der Waals surface area contributed by atoms with E-state index in [1.165, 1.54) is 29.4 Å². The fraction of sp³-hybridized carbons (Fsp3) is 0.345. The third kappa shape index (κ3) is 5.31. The van der Waals surface area contributed by atoms with E-state index >= 15 is 0 Å². The summed E-state index contributed by atoms with van der Waals surface area (Å²) in [4.78, 5) is 11.6. The van der Waals surface area contributed by atoms with Gasteiger partial charge in [0.1, 0.15) is 17.6 Å². The predicted octanol–water partition coefficient (Wildman–Crippen LogP) is 6.13. The molecule has 33 heavy (non-hydrogen) atoms. The molecular weight excluding hydrogens is 412 g/mol. The Bertz CT molecular complexity index is 1100. The number of fused-ring (bicyclic) bond motifs is 1. The van der Waals surface area contributed by atoms with Crippen molar-refractivity contribution >= 4 is 11.5 Å². The van der Waals surface area contributed by atoms with E-state index in [1.54, 1.807) is 0 Å². The minimum Gasteiger partial charge on any atom is -0.494 e. The first-order valence-electron chi connectivity index (χ1n) is 11.6. The monoisotopic (exact) mass is 442 g/mol. The lowest BCUT2D eigenvalue weighted by Crippen LogP contribution is -2.07. The summed E-state index contributed by atoms with van der Waals surface area (Å²) in [5.74, 6) is 3.84. The zero-order valence-electron chi connectivity index (χ0n) is 19.3. The lowest BCUT2D eigenvalue weighted by atomic mass is 9.94. The van der Waals surface area contributed by atoms with Gasteiger partial charge in [-0.3, -0.25) is 4.79 Å². The second kappa shape index (κ2) is 10.4. The molecule has 2 aliphatic carbocycles. The zero-order chi connectivity index (χ0) is 23.2. The fourth-order valence-corrected chi connectivity index (χ4v) is 4.53. The molecule has 1 unspecified atom stereocenters. The second-order valence-electron chi connectivity index (χ2n) is 8.38. The van der Waals surface area contributed by atoms with Crippen molar-refractivity contribution in [1.82, 2.24) is 0 Å². The zero-order valence-corrected chi connectivity index (χ0v) is 19.3. The molecule has 0 aliphatic heterocycles. The average molecular weight is 443 g/mol. The highest BCUT2D eigenvalue weighted by Crippen LogP contribution is 2.38. The van der Waals surface area contributed by atoms with Gasteiger partial charge in [0.25, 0.3) is 0 Å². The first kappa shape index (κ1) is 22.7. The largest absolute Gasteiger partial charge is 0.494 e. The number of ether oxygens (including phenoxy) is 3. The van der Waals surface area contributed by atoms with Crippen LogP contribution >= 0.6 is 0 Å². The predicted molar refractivity (Wildman–Crippen MR) is 130 cm³/mol. The van der Waals surface area contributed by atoms with Crippen LogP contribution in [0.3, 0.4) is 0 Å². The van der Waals surface area contributed by atoms with Crippen molar-refractivity contribution in [2.45, 2.75) is 51.0 Å². The van der Waals surface area contributed by atoms with Crippen molar-refractivity contribution in [3.8, 4) is 18.1 Å². The maximum absolute atomic E-state index is 11.6. The average Bonchev–Trinajstić information content (AvgIpc) is 3.25. The van der Waals surface area contributed by atoms with Gasteiger partial charge in [0.2, 0.25) is 0 Å². The molecule has 0 aromatic heterocycles. The van der Waals surface area contributed by atoms with E-state index in [-0.39, 0.29) is 24.4 Å². The van der Waals surface area contributed by atoms with Gasteiger partial charge in [-0.2, -0.15) is 0 Å². The number of esters is 1. The molecule has 2 atom stereocenters. The maximum atomic E-state index is 11.6. The number of hydrogen-bond acceptors (Lipinski definition) is 4. The summed E-state index contributed by atoms with van der Waals surface area (Å²) in [5.41, 5.74) is 6.13. The van der Waals surface area contributed by atoms with Crippen LogP contribution in [0.5, 0.6) is 5.75 Å². The molecule has 4 nitrogen and oxygen atoms in total. The van der Waals surface area contributed by atoms with Crippen molar-refractivity contribution < 1.29 is 19.0 Å². The van der Waals surface area contributed by atoms with Crippen LogP contribution in [0.4, 0.5) is 0 Å². The molecule has 0 saturated carbocycles. The molecule has 0 fully saturated rings. The number of benzene rings is 2. The molecule has 4 rings (SSSR count). The maximum Gasteiger partial charge on any atom is 0.307 e. The van der Waals surface area contributed by atoms with Gasteiger partial charge < -0.3 is 14.2 Å². The number of rotatable bonds is 8. The fourth-order valence-electron chi connectivity index (χ4n) is 4.53. The highest BCUT2D eigenvalue weighted by Gasteiger charge is 2.25. The SMILES string of the molecule is C#C[C@H](CC(=O)OC)c1ccc(OC2CCc3cc(C4=CC(OCC)=CCC4)ccc32)cc1. The second-order valence-corrected chi connectivity index (χ2v) is 8.38. The summed E-state index contributed by atoms with van der Waals surface area (Å²) < 4.78 is 16.8. The van der Waals surface area contributed by atoms with E-state index in [0.29, 0.717) is 6.61 Å². The summed E-state index contributed by atoms with van der Waals surface area (Å²) in [5, 5.41) is 0. The Labute approximate surface area is 196 Å². The molecule has 0 amide bonds. The Morgan fingerprint density at radius 2 is 2.00 bits per heavy atom. The van der Waals surface area contributed by atoms with Crippen LogP contribution in [0.2, 0.25) is 0 Å². The first-order valence-corrected chi connectivity index (χ1v) is 11.6. The van der Waals surface area contributed by atoms with Crippen molar-refractivity contribution in [2.24, 2.45) is 0 Å². The molecule has 170 valence electrons. The summed E-state index contributed by atoms with van der Waals surface area (Å²) in [6.07, 6.45) is 14.2. The van der Waals surface area contributed by atoms with Gasteiger partial charge in [-0.1, -0.05) is 36.3 Å². The Balaban J connectivity index is 1.44. The summed E-state index contributed by atoms with van der Waals surface area (Å²) in [6.45, 7) is 2.70. The molecule has 2 aromatic rings. The highest BCUT2D eigenvalue weighted by atomic mass is 16.5. The Kier molecular flexibility index (Phi) is 7.19. The van der Waals surface area contributed by atoms with E-state index in [9.17, 15) is 4.79 Å². The Morgan fingerprint density at radius 1 is 1.18 bits per heavy atom. The smallest absolute Gasteiger partial charge is 0.307 e. The number of terminal acetylenes is 1. The standard InChI is InChI=1S/C29H30O4/c1-4-20(19-29(30)31-3)21-9-13-25(14-10-21)33-28-16-12-24-17-23(11-15-27(24)28)22-7-6-8-26(18-22)32-5-2/h1,8-11,13-15,17-18,20,28H,5-7,12,16,19H2,2-3H3/t20-,28?/m1/s1. The minimum absolute atomic E-state index is 0.0395. The Morgan fingerprint density at radius 3 is 2.73 bits per heavy atom. The van der Waals surface area contributed by atoms with Crippen LogP contribution < -0.4 is 4.74 Å². The molecule has 4 heteroatoms. The number of methoxy groups -OCH3 is 1. The lowest BCUT2D eigenvalue weighted by molar-refractivity contribution is -0.140. The number of aryl methyl sites for hydroxylation is 1. The van der Waals surface area contributed by atoms with Gasteiger partial charge in [-0.25, -0.2) is 0 Å². The Hall–Kier alpha value is -3.45. The van der Waals surface area contributed by atoms with Gasteiger partial charge in [-0.15, -0.1) is 6.42 Å². The molecule has 2 aromatic carbocycles. The molecule has 0 saturated heterocycles. The first-order chi connectivity index (χ1) is 16.1. The van der Waals surface area contributed by atoms with Crippen molar-refractivity contribution in [3.63, 3.8) is 0 Å². The lowest BCUT2D eigenvalue weighted by Gasteiger charge is -2.18. The summed E-state index contributed by atoms with van der Waals surface area (Å²) >= 11 is 0. The highest BCUT2D eigenvalue weighted by molar-refractivity contribution is 5.71. The van der Waals surface area contributed by atoms with Crippen LogP contribution in [0.1, 0.15) is 66.9 Å². The van der Waals surface area contributed by atoms with Gasteiger partial charge in [0.15, 0.2) is 0 Å². The summed E-state index contributed by atoms with van der Waals surface area (Å²) in [7, 11) is 1.37. The molecule has 0 bridgehead atoms. The quantitative estimate of drug-likeness (QED) is 0.364. The molecule has 0 N–H and O–H groups in total. The molecule has 0 heterocycles. The van der Waals surface area contributed by atoms with E-state index in [0.717, 1.165) is 42.8 Å². The third-order valence-corrected chi connectivity index (χ3v) is 6.28. The van der Waals surface area contributed by atoms with E-state index < -0.39 is 0 Å². The van der Waals surface area contributed by atoms with Gasteiger partial charge in [0, 0.05) is 0 Å². The van der Waals surface area contributed by atoms with E-state index in [4.69, 9.17) is 20.6 Å². The van der Waals surface area contributed by atoms with Crippen LogP contribution in [0.25, 0.3) is 5.57 Å². The van der Waals surface area contributed by atoms with Gasteiger partial charge >= 0.3 is 5.97 Å². The van der Waals surface area contributed by atoms with Gasteiger partial charge in [-0.05, 0) is 84.7 Å². The number of hydrogen-bond donors (Lipinski definition) is 0. The normalized spacial score (nSPS) is 17.8. The molecule has 0 spiro atoms. The number of carbonyl (C=O) groups excluding carboxylic acids is 1. The van der Waals surface area contributed by atoms with Crippen LogP contribution in [-0.4, -0.2) is 19.7 Å². The minimum atomic E-state index is -0.311. The van der Waals surface area contributed by atoms with Crippen molar-refractivity contribution in [2.75, 3.05) is 13.7 Å². The number of carbonyl (C=O) groups is 1. The van der Waals surface area contributed by atoms with Crippen LogP contribution in [0, 0.1) is 12.3 Å². The van der Waals surface area contributed by atoms with E-state index in [2.05, 4.69) is 36.3 Å². The third-order valence-electron chi connectivity index (χ3n) is 6.28. The van der Waals surface area contributed by atoms with Crippen LogP contribution in [-0.2, 0) is 20.7 Å². The topological polar surface area (TPSA) is 44.8 Å². The van der Waals surface area contributed by atoms with Crippen molar-refractivity contribution in [3.05, 3.63) is 82.6 Å². The molecular formula is C29H30O4. The summed E-state index contributed by atoms with van der Waals surface area (Å²) in [6, 6.07) is 14.4. The van der Waals surface area contributed by atoms with Gasteiger partial charge in [0.05, 0.1) is 26.1 Å².